The van der Waals surface area contributed by atoms with Crippen LogP contribution in [0.25, 0.3) is 0 Å². The number of piperidine rings is 1. The topological polar surface area (TPSA) is 24.9 Å². The summed E-state index contributed by atoms with van der Waals surface area (Å²) in [6.07, 6.45) is 4.15. The SMILES string of the molecule is FC(F)(F)Oc1cc2c(cc1OCCN1CCCCC1)CCCC2N1CCCC1. The quantitative estimate of drug-likeness (QED) is 0.662. The highest BCUT2D eigenvalue weighted by molar-refractivity contribution is 5.49. The van der Waals surface area contributed by atoms with Crippen LogP contribution in [0.2, 0.25) is 0 Å². The number of aryl methyl sites for hydroxylation is 1. The van der Waals surface area contributed by atoms with E-state index in [9.17, 15) is 13.2 Å². The van der Waals surface area contributed by atoms with Crippen LogP contribution in [-0.4, -0.2) is 55.5 Å². The van der Waals surface area contributed by atoms with E-state index in [2.05, 4.69) is 14.5 Å². The Morgan fingerprint density at radius 2 is 1.62 bits per heavy atom. The number of rotatable bonds is 6. The lowest BCUT2D eigenvalue weighted by Crippen LogP contribution is -2.33. The summed E-state index contributed by atoms with van der Waals surface area (Å²) in [4.78, 5) is 4.72. The minimum absolute atomic E-state index is 0.194. The van der Waals surface area contributed by atoms with Crippen LogP contribution in [0.4, 0.5) is 13.2 Å². The van der Waals surface area contributed by atoms with Gasteiger partial charge in [-0.25, -0.2) is 0 Å². The van der Waals surface area contributed by atoms with E-state index in [-0.39, 0.29) is 17.5 Å². The summed E-state index contributed by atoms with van der Waals surface area (Å²) in [5, 5.41) is 0. The molecule has 1 aromatic carbocycles. The Hall–Kier alpha value is -1.47. The summed E-state index contributed by atoms with van der Waals surface area (Å²) >= 11 is 0. The van der Waals surface area contributed by atoms with Crippen molar-refractivity contribution >= 4 is 0 Å². The largest absolute Gasteiger partial charge is 0.573 e. The van der Waals surface area contributed by atoms with Crippen LogP contribution in [0.5, 0.6) is 11.5 Å². The number of fused-ring (bicyclic) bond motifs is 1. The van der Waals surface area contributed by atoms with Crippen molar-refractivity contribution in [2.24, 2.45) is 0 Å². The average molecular weight is 412 g/mol. The maximum Gasteiger partial charge on any atom is 0.573 e. The molecule has 0 N–H and O–H groups in total. The Kier molecular flexibility index (Phi) is 6.54. The molecule has 2 saturated heterocycles. The molecule has 1 atom stereocenters. The lowest BCUT2D eigenvalue weighted by atomic mass is 9.86. The molecule has 7 heteroatoms. The fraction of sp³-hybridized carbons (Fsp3) is 0.727. The predicted octanol–water partition coefficient (Wildman–Crippen LogP) is 4.92. The van der Waals surface area contributed by atoms with Gasteiger partial charge in [0.25, 0.3) is 0 Å². The molecule has 2 heterocycles. The van der Waals surface area contributed by atoms with Crippen LogP contribution in [0.1, 0.15) is 62.1 Å². The zero-order chi connectivity index (χ0) is 20.3. The van der Waals surface area contributed by atoms with Crippen LogP contribution in [0, 0.1) is 0 Å². The van der Waals surface area contributed by atoms with E-state index in [4.69, 9.17) is 4.74 Å². The van der Waals surface area contributed by atoms with Crippen molar-refractivity contribution in [3.05, 3.63) is 23.3 Å². The number of likely N-dealkylation sites (tertiary alicyclic amines) is 2. The molecule has 0 bridgehead atoms. The van der Waals surface area contributed by atoms with E-state index in [0.717, 1.165) is 76.0 Å². The first-order valence-corrected chi connectivity index (χ1v) is 11.0. The van der Waals surface area contributed by atoms with Gasteiger partial charge in [-0.3, -0.25) is 9.80 Å². The van der Waals surface area contributed by atoms with Crippen molar-refractivity contribution in [1.82, 2.24) is 9.80 Å². The number of benzene rings is 1. The van der Waals surface area contributed by atoms with Crippen molar-refractivity contribution in [2.45, 2.75) is 63.8 Å². The fourth-order valence-corrected chi connectivity index (χ4v) is 5.00. The lowest BCUT2D eigenvalue weighted by Gasteiger charge is -2.34. The molecule has 1 unspecified atom stereocenters. The molecule has 0 radical (unpaired) electrons. The monoisotopic (exact) mass is 412 g/mol. The van der Waals surface area contributed by atoms with Crippen molar-refractivity contribution < 1.29 is 22.6 Å². The third kappa shape index (κ3) is 5.37. The second-order valence-electron chi connectivity index (χ2n) is 8.45. The molecular formula is C22H31F3N2O2. The van der Waals surface area contributed by atoms with Gasteiger partial charge in [-0.2, -0.15) is 0 Å². The standard InChI is InChI=1S/C22H31F3N2O2/c23-22(24,25)29-21-16-18-17(7-6-8-19(18)27-11-4-5-12-27)15-20(21)28-14-13-26-9-2-1-3-10-26/h15-16,19H,1-14H2. The van der Waals surface area contributed by atoms with Gasteiger partial charge in [0.15, 0.2) is 11.5 Å². The highest BCUT2D eigenvalue weighted by atomic mass is 19.4. The van der Waals surface area contributed by atoms with E-state index < -0.39 is 6.36 Å². The van der Waals surface area contributed by atoms with Gasteiger partial charge in [-0.05, 0) is 94.4 Å². The van der Waals surface area contributed by atoms with E-state index >= 15 is 0 Å². The second kappa shape index (κ2) is 9.13. The molecule has 29 heavy (non-hydrogen) atoms. The number of halogens is 3. The summed E-state index contributed by atoms with van der Waals surface area (Å²) in [6.45, 7) is 5.23. The zero-order valence-electron chi connectivity index (χ0n) is 17.0. The van der Waals surface area contributed by atoms with Gasteiger partial charge in [-0.1, -0.05) is 6.42 Å². The molecule has 0 amide bonds. The predicted molar refractivity (Wildman–Crippen MR) is 105 cm³/mol. The summed E-state index contributed by atoms with van der Waals surface area (Å²) in [5.74, 6) is 0.0288. The lowest BCUT2D eigenvalue weighted by molar-refractivity contribution is -0.275. The summed E-state index contributed by atoms with van der Waals surface area (Å²) in [7, 11) is 0. The van der Waals surface area contributed by atoms with Crippen LogP contribution in [0.15, 0.2) is 12.1 Å². The van der Waals surface area contributed by atoms with Gasteiger partial charge in [0.2, 0.25) is 0 Å². The normalized spacial score (nSPS) is 23.8. The van der Waals surface area contributed by atoms with Crippen molar-refractivity contribution in [1.29, 1.82) is 0 Å². The molecule has 0 saturated carbocycles. The molecule has 3 aliphatic rings. The highest BCUT2D eigenvalue weighted by Crippen LogP contribution is 2.43. The Labute approximate surface area is 170 Å². The third-order valence-corrected chi connectivity index (χ3v) is 6.41. The summed E-state index contributed by atoms with van der Waals surface area (Å²) in [6, 6.07) is 3.59. The van der Waals surface area contributed by atoms with Crippen LogP contribution in [-0.2, 0) is 6.42 Å². The maximum absolute atomic E-state index is 13.1. The van der Waals surface area contributed by atoms with E-state index in [1.54, 1.807) is 12.1 Å². The summed E-state index contributed by atoms with van der Waals surface area (Å²) < 4.78 is 49.4. The Balaban J connectivity index is 1.53. The van der Waals surface area contributed by atoms with Gasteiger partial charge in [0, 0.05) is 12.6 Å². The zero-order valence-corrected chi connectivity index (χ0v) is 17.0. The number of nitrogens with zero attached hydrogens (tertiary/aromatic N) is 2. The van der Waals surface area contributed by atoms with Gasteiger partial charge >= 0.3 is 6.36 Å². The highest BCUT2D eigenvalue weighted by Gasteiger charge is 2.35. The smallest absolute Gasteiger partial charge is 0.488 e. The fourth-order valence-electron chi connectivity index (χ4n) is 5.00. The molecule has 162 valence electrons. The molecular weight excluding hydrogens is 381 g/mol. The van der Waals surface area contributed by atoms with Crippen LogP contribution in [0.3, 0.4) is 0 Å². The van der Waals surface area contributed by atoms with Crippen LogP contribution >= 0.6 is 0 Å². The molecule has 0 spiro atoms. The molecule has 0 aromatic heterocycles. The number of hydrogen-bond donors (Lipinski definition) is 0. The Morgan fingerprint density at radius 3 is 2.34 bits per heavy atom. The average Bonchev–Trinajstić information content (AvgIpc) is 3.22. The molecule has 2 fully saturated rings. The Bertz CT molecular complexity index is 683. The second-order valence-corrected chi connectivity index (χ2v) is 8.45. The van der Waals surface area contributed by atoms with Crippen molar-refractivity contribution in [3.8, 4) is 11.5 Å². The maximum atomic E-state index is 13.1. The first-order valence-electron chi connectivity index (χ1n) is 11.0. The van der Waals surface area contributed by atoms with E-state index in [1.165, 1.54) is 19.3 Å². The molecule has 1 aromatic rings. The van der Waals surface area contributed by atoms with E-state index in [0.29, 0.717) is 6.61 Å². The first-order chi connectivity index (χ1) is 14.0. The molecule has 1 aliphatic carbocycles. The molecule has 4 rings (SSSR count). The number of ether oxygens (including phenoxy) is 2. The van der Waals surface area contributed by atoms with Crippen molar-refractivity contribution in [3.63, 3.8) is 0 Å². The number of alkyl halides is 3. The summed E-state index contributed by atoms with van der Waals surface area (Å²) in [5.41, 5.74) is 2.09. The first kappa shape index (κ1) is 20.8. The minimum atomic E-state index is -4.73. The van der Waals surface area contributed by atoms with E-state index in [1.807, 2.05) is 0 Å². The minimum Gasteiger partial charge on any atom is -0.488 e. The van der Waals surface area contributed by atoms with Crippen molar-refractivity contribution in [2.75, 3.05) is 39.3 Å². The molecule has 4 nitrogen and oxygen atoms in total. The van der Waals surface area contributed by atoms with Gasteiger partial charge in [0.05, 0.1) is 0 Å². The Morgan fingerprint density at radius 1 is 0.897 bits per heavy atom. The molecule has 2 aliphatic heterocycles. The van der Waals surface area contributed by atoms with Gasteiger partial charge < -0.3 is 9.47 Å². The number of hydrogen-bond acceptors (Lipinski definition) is 4. The van der Waals surface area contributed by atoms with Gasteiger partial charge in [-0.15, -0.1) is 13.2 Å². The van der Waals surface area contributed by atoms with Crippen LogP contribution < -0.4 is 9.47 Å². The van der Waals surface area contributed by atoms with Gasteiger partial charge in [0.1, 0.15) is 6.61 Å². The third-order valence-electron chi connectivity index (χ3n) is 6.41.